The van der Waals surface area contributed by atoms with Crippen LogP contribution in [0.4, 0.5) is 0 Å². The average Bonchev–Trinajstić information content (AvgIpc) is 2.69. The second-order valence-corrected chi connectivity index (χ2v) is 5.42. The third kappa shape index (κ3) is 2.86. The van der Waals surface area contributed by atoms with Gasteiger partial charge in [0, 0.05) is 16.4 Å². The molecule has 0 radical (unpaired) electrons. The van der Waals surface area contributed by atoms with E-state index in [9.17, 15) is 4.79 Å². The Bertz CT molecular complexity index is 544. The van der Waals surface area contributed by atoms with Crippen LogP contribution in [0, 0.1) is 0 Å². The van der Waals surface area contributed by atoms with Crippen LogP contribution in [0.3, 0.4) is 0 Å². The minimum absolute atomic E-state index is 0.0800. The van der Waals surface area contributed by atoms with Gasteiger partial charge in [-0.25, -0.2) is 0 Å². The highest BCUT2D eigenvalue weighted by molar-refractivity contribution is 9.10. The van der Waals surface area contributed by atoms with Gasteiger partial charge in [-0.1, -0.05) is 39.4 Å². The Hall–Kier alpha value is -0.910. The summed E-state index contributed by atoms with van der Waals surface area (Å²) < 4.78 is 2.83. The zero-order valence-electron chi connectivity index (χ0n) is 9.23. The van der Waals surface area contributed by atoms with Crippen LogP contribution in [-0.2, 0) is 6.54 Å². The highest BCUT2D eigenvalue weighted by Gasteiger charge is 2.08. The van der Waals surface area contributed by atoms with Gasteiger partial charge in [0.2, 0.25) is 0 Å². The molecule has 2 aromatic rings. The maximum Gasteiger partial charge on any atom is 0.307 e. The van der Waals surface area contributed by atoms with Gasteiger partial charge in [0.15, 0.2) is 0 Å². The lowest BCUT2D eigenvalue weighted by Gasteiger charge is -2.06. The van der Waals surface area contributed by atoms with Gasteiger partial charge in [-0.15, -0.1) is 0 Å². The molecule has 0 spiro atoms. The van der Waals surface area contributed by atoms with Gasteiger partial charge in [-0.3, -0.25) is 9.36 Å². The van der Waals surface area contributed by atoms with Gasteiger partial charge in [-0.2, -0.15) is 0 Å². The fourth-order valence-corrected chi connectivity index (χ4v) is 2.69. The Kier molecular flexibility index (Phi) is 4.15. The lowest BCUT2D eigenvalue weighted by atomic mass is 10.2. The summed E-state index contributed by atoms with van der Waals surface area (Å²) in [5.74, 6) is 0. The number of benzene rings is 1. The molecule has 0 aliphatic carbocycles. The smallest absolute Gasteiger partial charge is 0.307 e. The maximum absolute atomic E-state index is 11.7. The van der Waals surface area contributed by atoms with Gasteiger partial charge >= 0.3 is 4.87 Å². The molecule has 0 amide bonds. The Labute approximate surface area is 112 Å². The maximum atomic E-state index is 11.7. The molecular formula is C12H13BrN2OS. The third-order valence-corrected chi connectivity index (χ3v) is 3.80. The van der Waals surface area contributed by atoms with E-state index in [1.165, 1.54) is 11.3 Å². The van der Waals surface area contributed by atoms with Crippen LogP contribution in [0.5, 0.6) is 0 Å². The average molecular weight is 313 g/mol. The van der Waals surface area contributed by atoms with Crippen molar-refractivity contribution >= 4 is 27.3 Å². The largest absolute Gasteiger partial charge is 0.330 e. The Morgan fingerprint density at radius 3 is 2.65 bits per heavy atom. The number of halogens is 1. The van der Waals surface area contributed by atoms with Crippen LogP contribution >= 0.6 is 27.3 Å². The topological polar surface area (TPSA) is 48.0 Å². The van der Waals surface area contributed by atoms with Crippen molar-refractivity contribution in [3.63, 3.8) is 0 Å². The van der Waals surface area contributed by atoms with E-state index in [1.54, 1.807) is 4.57 Å². The first kappa shape index (κ1) is 12.5. The van der Waals surface area contributed by atoms with E-state index >= 15 is 0 Å². The van der Waals surface area contributed by atoms with Crippen molar-refractivity contribution in [3.05, 3.63) is 43.8 Å². The highest BCUT2D eigenvalue weighted by Crippen LogP contribution is 2.22. The summed E-state index contributed by atoms with van der Waals surface area (Å²) in [6, 6.07) is 7.96. The van der Waals surface area contributed by atoms with Gasteiger partial charge < -0.3 is 5.73 Å². The first-order valence-corrected chi connectivity index (χ1v) is 7.04. The van der Waals surface area contributed by atoms with E-state index in [2.05, 4.69) is 15.9 Å². The lowest BCUT2D eigenvalue weighted by Crippen LogP contribution is -2.16. The molecule has 0 unspecified atom stereocenters. The van der Waals surface area contributed by atoms with Crippen LogP contribution in [0.15, 0.2) is 38.9 Å². The quantitative estimate of drug-likeness (QED) is 0.943. The van der Waals surface area contributed by atoms with Gasteiger partial charge in [0.05, 0.1) is 5.69 Å². The predicted molar refractivity (Wildman–Crippen MR) is 75.4 cm³/mol. The molecule has 17 heavy (non-hydrogen) atoms. The fraction of sp³-hybridized carbons (Fsp3) is 0.250. The van der Waals surface area contributed by atoms with Crippen molar-refractivity contribution < 1.29 is 0 Å². The van der Waals surface area contributed by atoms with Gasteiger partial charge in [-0.05, 0) is 30.7 Å². The molecule has 0 fully saturated rings. The van der Waals surface area contributed by atoms with E-state index < -0.39 is 0 Å². The van der Waals surface area contributed by atoms with Gasteiger partial charge in [0.1, 0.15) is 0 Å². The summed E-state index contributed by atoms with van der Waals surface area (Å²) in [6.07, 6.45) is 0.820. The van der Waals surface area contributed by atoms with E-state index in [0.29, 0.717) is 13.1 Å². The van der Waals surface area contributed by atoms with E-state index in [-0.39, 0.29) is 4.87 Å². The molecule has 3 nitrogen and oxygen atoms in total. The van der Waals surface area contributed by atoms with Crippen LogP contribution in [0.2, 0.25) is 0 Å². The van der Waals surface area contributed by atoms with Crippen LogP contribution in [-0.4, -0.2) is 11.1 Å². The first-order chi connectivity index (χ1) is 8.22. The predicted octanol–water partition coefficient (Wildman–Crippen LogP) is 2.69. The molecule has 0 saturated heterocycles. The van der Waals surface area contributed by atoms with Crippen molar-refractivity contribution in [1.82, 2.24) is 4.57 Å². The Morgan fingerprint density at radius 1 is 1.29 bits per heavy atom. The SMILES string of the molecule is NCCCn1c(-c2ccc(Br)cc2)csc1=O. The van der Waals surface area contributed by atoms with Gasteiger partial charge in [0.25, 0.3) is 0 Å². The van der Waals surface area contributed by atoms with Crippen molar-refractivity contribution in [2.24, 2.45) is 5.73 Å². The summed E-state index contributed by atoms with van der Waals surface area (Å²) >= 11 is 4.64. The third-order valence-electron chi connectivity index (χ3n) is 2.51. The van der Waals surface area contributed by atoms with Crippen molar-refractivity contribution in [2.45, 2.75) is 13.0 Å². The highest BCUT2D eigenvalue weighted by atomic mass is 79.9. The van der Waals surface area contributed by atoms with E-state index in [1.807, 2.05) is 29.6 Å². The molecule has 1 aromatic carbocycles. The standard InChI is InChI=1S/C12H13BrN2OS/c13-10-4-2-9(3-5-10)11-8-17-12(16)15(11)7-1-6-14/h2-5,8H,1,6-7,14H2. The molecule has 0 atom stereocenters. The first-order valence-electron chi connectivity index (χ1n) is 5.36. The van der Waals surface area contributed by atoms with Crippen molar-refractivity contribution in [2.75, 3.05) is 6.54 Å². The monoisotopic (exact) mass is 312 g/mol. The Balaban J connectivity index is 2.38. The number of hydrogen-bond acceptors (Lipinski definition) is 3. The Morgan fingerprint density at radius 2 is 2.00 bits per heavy atom. The summed E-state index contributed by atoms with van der Waals surface area (Å²) in [4.78, 5) is 11.8. The molecule has 2 rings (SSSR count). The summed E-state index contributed by atoms with van der Waals surface area (Å²) in [7, 11) is 0. The summed E-state index contributed by atoms with van der Waals surface area (Å²) in [5.41, 5.74) is 7.52. The zero-order valence-corrected chi connectivity index (χ0v) is 11.6. The number of aromatic nitrogens is 1. The van der Waals surface area contributed by atoms with Crippen LogP contribution in [0.1, 0.15) is 6.42 Å². The molecule has 1 heterocycles. The summed E-state index contributed by atoms with van der Waals surface area (Å²) in [6.45, 7) is 1.28. The summed E-state index contributed by atoms with van der Waals surface area (Å²) in [5, 5.41) is 1.90. The van der Waals surface area contributed by atoms with Crippen molar-refractivity contribution in [1.29, 1.82) is 0 Å². The minimum atomic E-state index is 0.0800. The number of hydrogen-bond donors (Lipinski definition) is 1. The van der Waals surface area contributed by atoms with Crippen LogP contribution < -0.4 is 10.6 Å². The molecule has 0 bridgehead atoms. The van der Waals surface area contributed by atoms with E-state index in [4.69, 9.17) is 5.73 Å². The van der Waals surface area contributed by atoms with Crippen molar-refractivity contribution in [3.8, 4) is 11.3 Å². The second-order valence-electron chi connectivity index (χ2n) is 3.69. The molecule has 2 N–H and O–H groups in total. The molecular weight excluding hydrogens is 300 g/mol. The molecule has 1 aromatic heterocycles. The molecule has 0 saturated carbocycles. The second kappa shape index (κ2) is 5.62. The number of nitrogens with zero attached hydrogens (tertiary/aromatic N) is 1. The number of thiazole rings is 1. The number of nitrogens with two attached hydrogens (primary N) is 1. The minimum Gasteiger partial charge on any atom is -0.330 e. The van der Waals surface area contributed by atoms with Crippen LogP contribution in [0.25, 0.3) is 11.3 Å². The molecule has 0 aliphatic rings. The molecule has 90 valence electrons. The molecule has 0 aliphatic heterocycles. The zero-order chi connectivity index (χ0) is 12.3. The lowest BCUT2D eigenvalue weighted by molar-refractivity contribution is 0.648. The van der Waals surface area contributed by atoms with E-state index in [0.717, 1.165) is 22.2 Å². The molecule has 5 heteroatoms. The fourth-order valence-electron chi connectivity index (χ4n) is 1.64. The normalized spacial score (nSPS) is 10.7. The number of rotatable bonds is 4.